The van der Waals surface area contributed by atoms with Crippen LogP contribution < -0.4 is 0 Å². The molecule has 6 rings (SSSR count). The van der Waals surface area contributed by atoms with Crippen LogP contribution in [0.15, 0.2) is 72.8 Å². The van der Waals surface area contributed by atoms with Crippen molar-refractivity contribution < 1.29 is 0 Å². The molecule has 0 radical (unpaired) electrons. The molecule has 130 valence electrons. The van der Waals surface area contributed by atoms with Gasteiger partial charge in [0.1, 0.15) is 0 Å². The zero-order chi connectivity index (χ0) is 18.3. The van der Waals surface area contributed by atoms with Gasteiger partial charge in [0.05, 0.1) is 11.0 Å². The highest BCUT2D eigenvalue weighted by Gasteiger charge is 2.27. The molecule has 1 aliphatic rings. The Morgan fingerprint density at radius 3 is 1.81 bits per heavy atom. The second kappa shape index (κ2) is 4.80. The number of benzene rings is 4. The van der Waals surface area contributed by atoms with Gasteiger partial charge >= 0.3 is 0 Å². The van der Waals surface area contributed by atoms with Crippen LogP contribution in [0.25, 0.3) is 54.8 Å². The first-order chi connectivity index (χ1) is 13.1. The summed E-state index contributed by atoms with van der Waals surface area (Å²) in [5.74, 6) is 0. The highest BCUT2D eigenvalue weighted by atomic mass is 15.0. The molecule has 1 aromatic heterocycles. The normalized spacial score (nSPS) is 13.0. The molecule has 1 nitrogen and oxygen atoms in total. The molecule has 27 heavy (non-hydrogen) atoms. The van der Waals surface area contributed by atoms with E-state index in [0.29, 0.717) is 0 Å². The number of hydrogen-bond acceptors (Lipinski definition) is 0. The van der Waals surface area contributed by atoms with Crippen molar-refractivity contribution in [3.8, 4) is 22.3 Å². The van der Waals surface area contributed by atoms with Crippen LogP contribution in [-0.4, -0.2) is 4.57 Å². The fraction of sp³-hybridized carbons (Fsp3) is 0.154. The van der Waals surface area contributed by atoms with Gasteiger partial charge in [-0.15, -0.1) is 0 Å². The Balaban J connectivity index is 2.04. The number of aromatic nitrogens is 1. The predicted octanol–water partition coefficient (Wildman–Crippen LogP) is 7.35. The van der Waals surface area contributed by atoms with Crippen LogP contribution in [0.4, 0.5) is 0 Å². The minimum atomic E-state index is 0.0138. The molecule has 0 unspecified atom stereocenters. The topological polar surface area (TPSA) is 4.93 Å². The molecule has 5 aromatic rings. The van der Waals surface area contributed by atoms with E-state index >= 15 is 0 Å². The van der Waals surface area contributed by atoms with Crippen LogP contribution in [0.1, 0.15) is 20.8 Å². The van der Waals surface area contributed by atoms with E-state index in [1.807, 2.05) is 0 Å². The molecule has 0 N–H and O–H groups in total. The molecule has 0 saturated heterocycles. The number of hydrogen-bond donors (Lipinski definition) is 0. The second-order valence-electron chi connectivity index (χ2n) is 8.61. The van der Waals surface area contributed by atoms with Crippen LogP contribution in [0, 0.1) is 0 Å². The molecular formula is C26H21N. The Kier molecular flexibility index (Phi) is 2.68. The van der Waals surface area contributed by atoms with E-state index in [2.05, 4.69) is 98.1 Å². The maximum absolute atomic E-state index is 2.52. The molecule has 0 amide bonds. The second-order valence-corrected chi connectivity index (χ2v) is 8.61. The molecule has 0 atom stereocenters. The first-order valence-corrected chi connectivity index (χ1v) is 9.65. The molecule has 0 spiro atoms. The zero-order valence-corrected chi connectivity index (χ0v) is 15.9. The zero-order valence-electron chi connectivity index (χ0n) is 15.9. The maximum atomic E-state index is 2.52. The Bertz CT molecular complexity index is 1390. The largest absolute Gasteiger partial charge is 0.335 e. The minimum Gasteiger partial charge on any atom is -0.335 e. The van der Waals surface area contributed by atoms with E-state index in [4.69, 9.17) is 0 Å². The van der Waals surface area contributed by atoms with Gasteiger partial charge in [0.2, 0.25) is 0 Å². The van der Waals surface area contributed by atoms with Crippen LogP contribution in [0.2, 0.25) is 0 Å². The van der Waals surface area contributed by atoms with Crippen LogP contribution in [-0.2, 0) is 5.54 Å². The van der Waals surface area contributed by atoms with Gasteiger partial charge < -0.3 is 4.57 Å². The lowest BCUT2D eigenvalue weighted by molar-refractivity contribution is 0.423. The third-order valence-electron chi connectivity index (χ3n) is 5.98. The number of nitrogens with zero attached hydrogens (tertiary/aromatic N) is 1. The fourth-order valence-corrected chi connectivity index (χ4v) is 5.05. The molecular weight excluding hydrogens is 326 g/mol. The average Bonchev–Trinajstić information content (AvgIpc) is 2.96. The smallest absolute Gasteiger partial charge is 0.0503 e. The lowest BCUT2D eigenvalue weighted by Crippen LogP contribution is -2.21. The van der Waals surface area contributed by atoms with Gasteiger partial charge in [-0.05, 0) is 65.9 Å². The van der Waals surface area contributed by atoms with Crippen molar-refractivity contribution in [1.82, 2.24) is 4.57 Å². The van der Waals surface area contributed by atoms with Gasteiger partial charge in [-0.2, -0.15) is 0 Å². The molecule has 0 fully saturated rings. The summed E-state index contributed by atoms with van der Waals surface area (Å²) in [6.45, 7) is 6.90. The summed E-state index contributed by atoms with van der Waals surface area (Å²) >= 11 is 0. The van der Waals surface area contributed by atoms with Gasteiger partial charge in [-0.3, -0.25) is 0 Å². The van der Waals surface area contributed by atoms with E-state index in [9.17, 15) is 0 Å². The highest BCUT2D eigenvalue weighted by Crippen LogP contribution is 2.49. The number of fused-ring (bicyclic) bond motifs is 3. The summed E-state index contributed by atoms with van der Waals surface area (Å²) in [7, 11) is 0. The van der Waals surface area contributed by atoms with E-state index in [1.54, 1.807) is 0 Å². The van der Waals surface area contributed by atoms with Crippen molar-refractivity contribution in [3.05, 3.63) is 72.8 Å². The van der Waals surface area contributed by atoms with Crippen molar-refractivity contribution in [1.29, 1.82) is 0 Å². The fourth-order valence-electron chi connectivity index (χ4n) is 5.05. The van der Waals surface area contributed by atoms with Gasteiger partial charge in [-0.1, -0.05) is 60.7 Å². The quantitative estimate of drug-likeness (QED) is 0.271. The first kappa shape index (κ1) is 15.0. The standard InChI is InChI=1S/C26H21N/c1-26(2,3)27-21-13-7-12-20-18-10-5-4-9-17(18)19-11-6-8-16-14-15-22(27)25(23(16)19)24(20)21/h4-15H,1-3H3. The Morgan fingerprint density at radius 2 is 1.11 bits per heavy atom. The monoisotopic (exact) mass is 347 g/mol. The van der Waals surface area contributed by atoms with Crippen molar-refractivity contribution in [2.24, 2.45) is 0 Å². The lowest BCUT2D eigenvalue weighted by atomic mass is 9.93. The third-order valence-corrected chi connectivity index (χ3v) is 5.98. The molecule has 1 heterocycles. The summed E-state index contributed by atoms with van der Waals surface area (Å²) < 4.78 is 2.52. The SMILES string of the molecule is CC(C)(C)n1c2cccc3c2c2c4c(cccc4ccc21)-c1ccccc1-3. The molecule has 4 aromatic carbocycles. The summed E-state index contributed by atoms with van der Waals surface area (Å²) in [5, 5.41) is 5.50. The average molecular weight is 347 g/mol. The van der Waals surface area contributed by atoms with Crippen molar-refractivity contribution in [2.45, 2.75) is 26.3 Å². The van der Waals surface area contributed by atoms with Gasteiger partial charge in [-0.25, -0.2) is 0 Å². The minimum absolute atomic E-state index is 0.0138. The predicted molar refractivity (Wildman–Crippen MR) is 116 cm³/mol. The van der Waals surface area contributed by atoms with Crippen molar-refractivity contribution in [3.63, 3.8) is 0 Å². The van der Waals surface area contributed by atoms with Crippen LogP contribution in [0.5, 0.6) is 0 Å². The third kappa shape index (κ3) is 1.79. The van der Waals surface area contributed by atoms with Crippen molar-refractivity contribution in [2.75, 3.05) is 0 Å². The van der Waals surface area contributed by atoms with Crippen molar-refractivity contribution >= 4 is 32.6 Å². The van der Waals surface area contributed by atoms with E-state index in [1.165, 1.54) is 54.8 Å². The summed E-state index contributed by atoms with van der Waals surface area (Å²) in [5.41, 5.74) is 8.03. The van der Waals surface area contributed by atoms with Crippen LogP contribution in [0.3, 0.4) is 0 Å². The molecule has 0 saturated carbocycles. The summed E-state index contributed by atoms with van der Waals surface area (Å²) in [4.78, 5) is 0. The Hall–Kier alpha value is -3.06. The van der Waals surface area contributed by atoms with E-state index < -0.39 is 0 Å². The van der Waals surface area contributed by atoms with E-state index in [0.717, 1.165) is 0 Å². The van der Waals surface area contributed by atoms with Gasteiger partial charge in [0, 0.05) is 16.3 Å². The molecule has 1 heteroatoms. The molecule has 1 aliphatic carbocycles. The van der Waals surface area contributed by atoms with E-state index in [-0.39, 0.29) is 5.54 Å². The summed E-state index contributed by atoms with van der Waals surface area (Å²) in [6.07, 6.45) is 0. The van der Waals surface area contributed by atoms with Crippen LogP contribution >= 0.6 is 0 Å². The molecule has 0 bridgehead atoms. The number of rotatable bonds is 0. The molecule has 0 aliphatic heterocycles. The first-order valence-electron chi connectivity index (χ1n) is 9.65. The van der Waals surface area contributed by atoms with Gasteiger partial charge in [0.15, 0.2) is 0 Å². The lowest BCUT2D eigenvalue weighted by Gasteiger charge is -2.24. The Morgan fingerprint density at radius 1 is 0.519 bits per heavy atom. The van der Waals surface area contributed by atoms with Gasteiger partial charge in [0.25, 0.3) is 0 Å². The highest BCUT2D eigenvalue weighted by molar-refractivity contribution is 6.30. The Labute approximate surface area is 158 Å². The summed E-state index contributed by atoms with van der Waals surface area (Å²) in [6, 6.07) is 27.0. The maximum Gasteiger partial charge on any atom is 0.0503 e.